The van der Waals surface area contributed by atoms with Crippen LogP contribution >= 0.6 is 0 Å². The Bertz CT molecular complexity index is 567. The lowest BCUT2D eigenvalue weighted by atomic mass is 10.1. The highest BCUT2D eigenvalue weighted by Crippen LogP contribution is 2.18. The smallest absolute Gasteiger partial charge is 0.128 e. The van der Waals surface area contributed by atoms with Crippen molar-refractivity contribution in [3.05, 3.63) is 65.5 Å². The number of nitrogens with one attached hydrogen (secondary N) is 1. The summed E-state index contributed by atoms with van der Waals surface area (Å²) in [6, 6.07) is 15.8. The number of para-hydroxylation sites is 1. The Labute approximate surface area is 126 Å². The largest absolute Gasteiger partial charge is 0.370 e. The van der Waals surface area contributed by atoms with Crippen molar-refractivity contribution in [3.8, 4) is 0 Å². The van der Waals surface area contributed by atoms with Gasteiger partial charge in [-0.25, -0.2) is 4.39 Å². The van der Waals surface area contributed by atoms with Gasteiger partial charge in [0.1, 0.15) is 5.82 Å². The molecule has 0 aliphatic rings. The molecule has 0 amide bonds. The molecule has 112 valence electrons. The molecule has 0 bridgehead atoms. The standard InChI is InChI=1S/C18H23FN2/c1-14(2)20-12-15-9-10-18(19)16(11-15)13-21(3)17-7-5-4-6-8-17/h4-11,14,20H,12-13H2,1-3H3. The Morgan fingerprint density at radius 3 is 2.48 bits per heavy atom. The topological polar surface area (TPSA) is 15.3 Å². The molecule has 0 unspecified atom stereocenters. The van der Waals surface area contributed by atoms with Crippen molar-refractivity contribution in [3.63, 3.8) is 0 Å². The summed E-state index contributed by atoms with van der Waals surface area (Å²) in [5, 5.41) is 3.36. The minimum atomic E-state index is -0.147. The van der Waals surface area contributed by atoms with Gasteiger partial charge in [-0.05, 0) is 29.8 Å². The highest BCUT2D eigenvalue weighted by molar-refractivity contribution is 5.46. The van der Waals surface area contributed by atoms with Gasteiger partial charge < -0.3 is 10.2 Å². The Balaban J connectivity index is 2.10. The fourth-order valence-electron chi connectivity index (χ4n) is 2.21. The lowest BCUT2D eigenvalue weighted by Gasteiger charge is -2.20. The number of anilines is 1. The number of hydrogen-bond donors (Lipinski definition) is 1. The van der Waals surface area contributed by atoms with Gasteiger partial charge in [-0.3, -0.25) is 0 Å². The van der Waals surface area contributed by atoms with Crippen LogP contribution in [-0.2, 0) is 13.1 Å². The predicted octanol–water partition coefficient (Wildman–Crippen LogP) is 3.96. The maximum absolute atomic E-state index is 14.0. The second-order valence-electron chi connectivity index (χ2n) is 5.65. The van der Waals surface area contributed by atoms with E-state index in [1.54, 1.807) is 6.07 Å². The fraction of sp³-hybridized carbons (Fsp3) is 0.333. The van der Waals surface area contributed by atoms with E-state index >= 15 is 0 Å². The van der Waals surface area contributed by atoms with Gasteiger partial charge in [0.15, 0.2) is 0 Å². The molecule has 1 N–H and O–H groups in total. The monoisotopic (exact) mass is 286 g/mol. The molecule has 0 radical (unpaired) electrons. The van der Waals surface area contributed by atoms with Crippen molar-refractivity contribution >= 4 is 5.69 Å². The molecule has 0 atom stereocenters. The van der Waals surface area contributed by atoms with E-state index in [4.69, 9.17) is 0 Å². The minimum Gasteiger partial charge on any atom is -0.370 e. The Hall–Kier alpha value is -1.87. The first-order valence-corrected chi connectivity index (χ1v) is 7.33. The second-order valence-corrected chi connectivity index (χ2v) is 5.65. The van der Waals surface area contributed by atoms with Crippen molar-refractivity contribution in [1.82, 2.24) is 5.32 Å². The average molecular weight is 286 g/mol. The van der Waals surface area contributed by atoms with E-state index in [9.17, 15) is 4.39 Å². The summed E-state index contributed by atoms with van der Waals surface area (Å²) in [5.41, 5.74) is 2.92. The van der Waals surface area contributed by atoms with E-state index < -0.39 is 0 Å². The first kappa shape index (κ1) is 15.5. The van der Waals surface area contributed by atoms with E-state index in [2.05, 4.69) is 24.1 Å². The summed E-state index contributed by atoms with van der Waals surface area (Å²) in [6.07, 6.45) is 0. The quantitative estimate of drug-likeness (QED) is 0.864. The van der Waals surface area contributed by atoms with Crippen molar-refractivity contribution in [2.75, 3.05) is 11.9 Å². The van der Waals surface area contributed by atoms with Crippen LogP contribution in [0.4, 0.5) is 10.1 Å². The van der Waals surface area contributed by atoms with E-state index in [-0.39, 0.29) is 5.82 Å². The zero-order valence-electron chi connectivity index (χ0n) is 12.9. The van der Waals surface area contributed by atoms with Gasteiger partial charge in [0.25, 0.3) is 0 Å². The molecule has 0 saturated heterocycles. The zero-order valence-corrected chi connectivity index (χ0v) is 12.9. The van der Waals surface area contributed by atoms with Crippen LogP contribution in [0.2, 0.25) is 0 Å². The summed E-state index contributed by atoms with van der Waals surface area (Å²) in [7, 11) is 1.98. The molecule has 0 heterocycles. The van der Waals surface area contributed by atoms with Crippen LogP contribution in [0.5, 0.6) is 0 Å². The van der Waals surface area contributed by atoms with Gasteiger partial charge in [0, 0.05) is 37.4 Å². The molecule has 2 rings (SSSR count). The highest BCUT2D eigenvalue weighted by Gasteiger charge is 2.08. The van der Waals surface area contributed by atoms with Crippen LogP contribution < -0.4 is 10.2 Å². The van der Waals surface area contributed by atoms with E-state index in [1.165, 1.54) is 0 Å². The van der Waals surface area contributed by atoms with Gasteiger partial charge in [0.2, 0.25) is 0 Å². The number of hydrogen-bond acceptors (Lipinski definition) is 2. The maximum atomic E-state index is 14.0. The molecule has 0 spiro atoms. The highest BCUT2D eigenvalue weighted by atomic mass is 19.1. The van der Waals surface area contributed by atoms with E-state index in [1.807, 2.05) is 49.5 Å². The van der Waals surface area contributed by atoms with Crippen LogP contribution in [0, 0.1) is 5.82 Å². The molecular formula is C18H23FN2. The van der Waals surface area contributed by atoms with Crippen molar-refractivity contribution in [1.29, 1.82) is 0 Å². The SMILES string of the molecule is CC(C)NCc1ccc(F)c(CN(C)c2ccccc2)c1. The zero-order chi connectivity index (χ0) is 15.2. The molecule has 0 saturated carbocycles. The lowest BCUT2D eigenvalue weighted by molar-refractivity contribution is 0.582. The maximum Gasteiger partial charge on any atom is 0.128 e. The normalized spacial score (nSPS) is 10.9. The van der Waals surface area contributed by atoms with Gasteiger partial charge in [0.05, 0.1) is 0 Å². The summed E-state index contributed by atoms with van der Waals surface area (Å²) in [5.74, 6) is -0.147. The molecule has 3 heteroatoms. The molecule has 21 heavy (non-hydrogen) atoms. The molecular weight excluding hydrogens is 263 g/mol. The van der Waals surface area contributed by atoms with Crippen LogP contribution in [0.25, 0.3) is 0 Å². The molecule has 0 aliphatic heterocycles. The van der Waals surface area contributed by atoms with Gasteiger partial charge in [-0.2, -0.15) is 0 Å². The Morgan fingerprint density at radius 2 is 1.81 bits per heavy atom. The summed E-state index contributed by atoms with van der Waals surface area (Å²) in [6.45, 7) is 5.53. The van der Waals surface area contributed by atoms with Crippen LogP contribution in [0.15, 0.2) is 48.5 Å². The number of benzene rings is 2. The molecule has 0 aromatic heterocycles. The predicted molar refractivity (Wildman–Crippen MR) is 86.9 cm³/mol. The summed E-state index contributed by atoms with van der Waals surface area (Å²) in [4.78, 5) is 2.05. The number of halogens is 1. The molecule has 0 aliphatic carbocycles. The Kier molecular flexibility index (Phi) is 5.34. The summed E-state index contributed by atoms with van der Waals surface area (Å²) >= 11 is 0. The van der Waals surface area contributed by atoms with E-state index in [0.29, 0.717) is 12.6 Å². The van der Waals surface area contributed by atoms with Crippen molar-refractivity contribution in [2.24, 2.45) is 0 Å². The van der Waals surface area contributed by atoms with Crippen LogP contribution in [0.3, 0.4) is 0 Å². The number of nitrogens with zero attached hydrogens (tertiary/aromatic N) is 1. The Morgan fingerprint density at radius 1 is 1.10 bits per heavy atom. The first-order chi connectivity index (χ1) is 10.1. The third kappa shape index (κ3) is 4.57. The molecule has 2 nitrogen and oxygen atoms in total. The molecule has 2 aromatic carbocycles. The van der Waals surface area contributed by atoms with E-state index in [0.717, 1.165) is 23.4 Å². The molecule has 0 fully saturated rings. The van der Waals surface area contributed by atoms with Crippen molar-refractivity contribution in [2.45, 2.75) is 33.0 Å². The minimum absolute atomic E-state index is 0.147. The van der Waals surface area contributed by atoms with Crippen LogP contribution in [-0.4, -0.2) is 13.1 Å². The fourth-order valence-corrected chi connectivity index (χ4v) is 2.21. The van der Waals surface area contributed by atoms with Gasteiger partial charge in [-0.15, -0.1) is 0 Å². The second kappa shape index (κ2) is 7.23. The van der Waals surface area contributed by atoms with Crippen LogP contribution in [0.1, 0.15) is 25.0 Å². The third-order valence-corrected chi connectivity index (χ3v) is 3.43. The first-order valence-electron chi connectivity index (χ1n) is 7.33. The van der Waals surface area contributed by atoms with Crippen molar-refractivity contribution < 1.29 is 4.39 Å². The molecule has 2 aromatic rings. The summed E-state index contributed by atoms with van der Waals surface area (Å²) < 4.78 is 14.0. The lowest BCUT2D eigenvalue weighted by Crippen LogP contribution is -2.22. The third-order valence-electron chi connectivity index (χ3n) is 3.43. The average Bonchev–Trinajstić information content (AvgIpc) is 2.48. The number of rotatable bonds is 6. The van der Waals surface area contributed by atoms with Gasteiger partial charge in [-0.1, -0.05) is 38.1 Å². The van der Waals surface area contributed by atoms with Gasteiger partial charge >= 0.3 is 0 Å².